The van der Waals surface area contributed by atoms with Gasteiger partial charge in [-0.05, 0) is 31.0 Å². The van der Waals surface area contributed by atoms with Crippen LogP contribution in [0.5, 0.6) is 5.75 Å². The summed E-state index contributed by atoms with van der Waals surface area (Å²) in [6.45, 7) is 1.36. The van der Waals surface area contributed by atoms with Crippen molar-refractivity contribution in [3.05, 3.63) is 29.6 Å². The largest absolute Gasteiger partial charge is 0.481 e. The Bertz CT molecular complexity index is 528. The van der Waals surface area contributed by atoms with Crippen molar-refractivity contribution < 1.29 is 13.9 Å². The molecule has 0 radical (unpaired) electrons. The molecule has 0 spiro atoms. The second-order valence-electron chi connectivity index (χ2n) is 5.09. The van der Waals surface area contributed by atoms with Crippen molar-refractivity contribution in [2.45, 2.75) is 25.7 Å². The van der Waals surface area contributed by atoms with Gasteiger partial charge in [-0.25, -0.2) is 4.39 Å². The normalized spacial score (nSPS) is 15.4. The minimum atomic E-state index is -0.566. The molecule has 1 amide bonds. The van der Waals surface area contributed by atoms with Crippen LogP contribution >= 0.6 is 12.2 Å². The third kappa shape index (κ3) is 4.39. The number of thiocarbonyl (C=S) groups is 1. The molecule has 2 N–H and O–H groups in total. The molecule has 1 aliphatic rings. The summed E-state index contributed by atoms with van der Waals surface area (Å²) >= 11 is 4.78. The molecular weight excluding hydrogens is 291 g/mol. The number of halogens is 1. The minimum absolute atomic E-state index is 0.0400. The Kier molecular flexibility index (Phi) is 5.50. The van der Waals surface area contributed by atoms with E-state index in [0.29, 0.717) is 5.56 Å². The molecule has 0 unspecified atom stereocenters. The highest BCUT2D eigenvalue weighted by molar-refractivity contribution is 7.80. The lowest BCUT2D eigenvalue weighted by molar-refractivity contribution is -0.133. The molecule has 1 aromatic rings. The maximum atomic E-state index is 13.8. The second-order valence-corrected chi connectivity index (χ2v) is 5.53. The van der Waals surface area contributed by atoms with Gasteiger partial charge >= 0.3 is 0 Å². The molecule has 1 saturated heterocycles. The van der Waals surface area contributed by atoms with E-state index in [1.807, 2.05) is 0 Å². The fourth-order valence-corrected chi connectivity index (χ4v) is 2.45. The molecule has 0 atom stereocenters. The van der Waals surface area contributed by atoms with Crippen LogP contribution in [0.15, 0.2) is 18.2 Å². The van der Waals surface area contributed by atoms with Gasteiger partial charge in [-0.1, -0.05) is 25.1 Å². The van der Waals surface area contributed by atoms with Crippen LogP contribution in [-0.4, -0.2) is 35.5 Å². The van der Waals surface area contributed by atoms with E-state index in [0.717, 1.165) is 38.8 Å². The van der Waals surface area contributed by atoms with Crippen molar-refractivity contribution in [2.75, 3.05) is 19.7 Å². The Hall–Kier alpha value is -1.69. The van der Waals surface area contributed by atoms with Crippen molar-refractivity contribution in [3.63, 3.8) is 0 Å². The summed E-state index contributed by atoms with van der Waals surface area (Å²) in [5.41, 5.74) is 5.87. The van der Waals surface area contributed by atoms with Gasteiger partial charge in [0.15, 0.2) is 18.2 Å². The molecule has 0 aromatic heterocycles. The number of benzene rings is 1. The highest BCUT2D eigenvalue weighted by atomic mass is 32.1. The molecular formula is C15H19FN2O2S. The molecule has 4 nitrogen and oxygen atoms in total. The summed E-state index contributed by atoms with van der Waals surface area (Å²) < 4.78 is 19.1. The number of likely N-dealkylation sites (tertiary alicyclic amines) is 1. The van der Waals surface area contributed by atoms with E-state index in [9.17, 15) is 9.18 Å². The van der Waals surface area contributed by atoms with E-state index in [2.05, 4.69) is 0 Å². The summed E-state index contributed by atoms with van der Waals surface area (Å²) in [5.74, 6) is -0.628. The number of hydrogen-bond donors (Lipinski definition) is 1. The molecule has 0 saturated carbocycles. The Morgan fingerprint density at radius 2 is 1.95 bits per heavy atom. The quantitative estimate of drug-likeness (QED) is 0.867. The van der Waals surface area contributed by atoms with Gasteiger partial charge in [0.2, 0.25) is 0 Å². The van der Waals surface area contributed by atoms with Crippen molar-refractivity contribution in [3.8, 4) is 5.75 Å². The number of hydrogen-bond acceptors (Lipinski definition) is 3. The third-order valence-corrected chi connectivity index (χ3v) is 3.76. The van der Waals surface area contributed by atoms with Crippen LogP contribution in [-0.2, 0) is 4.79 Å². The first-order chi connectivity index (χ1) is 10.1. The topological polar surface area (TPSA) is 55.6 Å². The van der Waals surface area contributed by atoms with Crippen molar-refractivity contribution in [2.24, 2.45) is 5.73 Å². The average Bonchev–Trinajstić information content (AvgIpc) is 2.74. The summed E-state index contributed by atoms with van der Waals surface area (Å²) in [7, 11) is 0. The van der Waals surface area contributed by atoms with E-state index in [-0.39, 0.29) is 23.3 Å². The molecule has 0 aliphatic carbocycles. The Morgan fingerprint density at radius 1 is 1.29 bits per heavy atom. The smallest absolute Gasteiger partial charge is 0.260 e. The van der Waals surface area contributed by atoms with Gasteiger partial charge in [-0.3, -0.25) is 4.79 Å². The minimum Gasteiger partial charge on any atom is -0.481 e. The second kappa shape index (κ2) is 7.36. The average molecular weight is 310 g/mol. The van der Waals surface area contributed by atoms with Crippen molar-refractivity contribution in [1.82, 2.24) is 4.90 Å². The first kappa shape index (κ1) is 15.7. The van der Waals surface area contributed by atoms with Gasteiger partial charge in [-0.15, -0.1) is 0 Å². The first-order valence-corrected chi connectivity index (χ1v) is 7.48. The Labute approximate surface area is 129 Å². The highest BCUT2D eigenvalue weighted by Gasteiger charge is 2.16. The molecule has 2 rings (SSSR count). The maximum Gasteiger partial charge on any atom is 0.260 e. The molecule has 0 bridgehead atoms. The van der Waals surface area contributed by atoms with E-state index < -0.39 is 5.82 Å². The summed E-state index contributed by atoms with van der Waals surface area (Å²) in [6, 6.07) is 4.24. The number of ether oxygens (including phenoxy) is 1. The highest BCUT2D eigenvalue weighted by Crippen LogP contribution is 2.19. The lowest BCUT2D eigenvalue weighted by Gasteiger charge is -2.20. The molecule has 114 valence electrons. The van der Waals surface area contributed by atoms with Crippen LogP contribution in [0, 0.1) is 5.82 Å². The molecule has 21 heavy (non-hydrogen) atoms. The summed E-state index contributed by atoms with van der Waals surface area (Å²) in [4.78, 5) is 14.0. The first-order valence-electron chi connectivity index (χ1n) is 7.08. The van der Waals surface area contributed by atoms with Crippen LogP contribution < -0.4 is 10.5 Å². The van der Waals surface area contributed by atoms with E-state index in [1.54, 1.807) is 11.0 Å². The van der Waals surface area contributed by atoms with Gasteiger partial charge in [0.1, 0.15) is 4.99 Å². The number of carbonyl (C=O) groups is 1. The molecule has 1 fully saturated rings. The maximum absolute atomic E-state index is 13.8. The molecule has 6 heteroatoms. The van der Waals surface area contributed by atoms with E-state index in [1.165, 1.54) is 12.1 Å². The number of rotatable bonds is 4. The van der Waals surface area contributed by atoms with Gasteiger partial charge in [-0.2, -0.15) is 0 Å². The van der Waals surface area contributed by atoms with Crippen LogP contribution in [0.25, 0.3) is 0 Å². The van der Waals surface area contributed by atoms with Crippen LogP contribution in [0.4, 0.5) is 4.39 Å². The van der Waals surface area contributed by atoms with Crippen LogP contribution in [0.2, 0.25) is 0 Å². The van der Waals surface area contributed by atoms with Crippen LogP contribution in [0.1, 0.15) is 31.2 Å². The summed E-state index contributed by atoms with van der Waals surface area (Å²) in [5, 5.41) is 0. The monoisotopic (exact) mass is 310 g/mol. The SMILES string of the molecule is NC(=S)c1ccc(OCC(=O)N2CCCCCC2)c(F)c1. The van der Waals surface area contributed by atoms with Gasteiger partial charge < -0.3 is 15.4 Å². The molecule has 1 aromatic carbocycles. The van der Waals surface area contributed by atoms with Crippen molar-refractivity contribution >= 4 is 23.1 Å². The predicted molar refractivity (Wildman–Crippen MR) is 82.8 cm³/mol. The zero-order valence-corrected chi connectivity index (χ0v) is 12.6. The summed E-state index contributed by atoms with van der Waals surface area (Å²) in [6.07, 6.45) is 4.34. The number of carbonyl (C=O) groups excluding carboxylic acids is 1. The van der Waals surface area contributed by atoms with E-state index >= 15 is 0 Å². The fourth-order valence-electron chi connectivity index (χ4n) is 2.32. The number of nitrogens with two attached hydrogens (primary N) is 1. The Balaban J connectivity index is 1.93. The van der Waals surface area contributed by atoms with Gasteiger partial charge in [0, 0.05) is 18.7 Å². The molecule has 1 heterocycles. The number of amides is 1. The zero-order valence-electron chi connectivity index (χ0n) is 11.8. The number of nitrogens with zero attached hydrogens (tertiary/aromatic N) is 1. The third-order valence-electron chi connectivity index (χ3n) is 3.53. The zero-order chi connectivity index (χ0) is 15.2. The lowest BCUT2D eigenvalue weighted by Crippen LogP contribution is -2.35. The van der Waals surface area contributed by atoms with Gasteiger partial charge in [0.25, 0.3) is 5.91 Å². The van der Waals surface area contributed by atoms with Crippen LogP contribution in [0.3, 0.4) is 0 Å². The lowest BCUT2D eigenvalue weighted by atomic mass is 10.2. The van der Waals surface area contributed by atoms with Gasteiger partial charge in [0.05, 0.1) is 0 Å². The standard InChI is InChI=1S/C15H19FN2O2S/c16-12-9-11(15(17)21)5-6-13(12)20-10-14(19)18-7-3-1-2-4-8-18/h5-6,9H,1-4,7-8,10H2,(H2,17,21). The predicted octanol–water partition coefficient (Wildman–Crippen LogP) is 2.24. The van der Waals surface area contributed by atoms with E-state index in [4.69, 9.17) is 22.7 Å². The fraction of sp³-hybridized carbons (Fsp3) is 0.467. The van der Waals surface area contributed by atoms with Crippen molar-refractivity contribution in [1.29, 1.82) is 0 Å². The Morgan fingerprint density at radius 3 is 2.52 bits per heavy atom. The molecule has 1 aliphatic heterocycles.